The topological polar surface area (TPSA) is 79.7 Å². The SMILES string of the molecule is N#CCn1cc(-c2ccc3c(cnn3CC3CCN(C(=O)CCc4ccccc4)CC3)c2)cn1. The van der Waals surface area contributed by atoms with Gasteiger partial charge in [-0.3, -0.25) is 14.2 Å². The van der Waals surface area contributed by atoms with Crippen LogP contribution in [0.3, 0.4) is 0 Å². The van der Waals surface area contributed by atoms with Gasteiger partial charge in [0.05, 0.1) is 24.0 Å². The van der Waals surface area contributed by atoms with E-state index < -0.39 is 0 Å². The van der Waals surface area contributed by atoms with Crippen molar-refractivity contribution in [3.8, 4) is 17.2 Å². The Hall–Kier alpha value is -3.92. The molecule has 7 nitrogen and oxygen atoms in total. The van der Waals surface area contributed by atoms with Gasteiger partial charge in [0.15, 0.2) is 0 Å². The molecular formula is C27H28N6O. The molecular weight excluding hydrogens is 424 g/mol. The fourth-order valence-corrected chi connectivity index (χ4v) is 4.75. The van der Waals surface area contributed by atoms with Crippen molar-refractivity contribution in [3.05, 3.63) is 72.7 Å². The molecule has 0 unspecified atom stereocenters. The van der Waals surface area contributed by atoms with Crippen LogP contribution in [-0.4, -0.2) is 43.5 Å². The van der Waals surface area contributed by atoms with Crippen molar-refractivity contribution >= 4 is 16.8 Å². The number of aromatic nitrogens is 4. The highest BCUT2D eigenvalue weighted by molar-refractivity contribution is 5.84. The zero-order chi connectivity index (χ0) is 23.3. The largest absolute Gasteiger partial charge is 0.343 e. The van der Waals surface area contributed by atoms with Crippen LogP contribution in [-0.2, 0) is 24.3 Å². The second-order valence-corrected chi connectivity index (χ2v) is 8.99. The van der Waals surface area contributed by atoms with Crippen LogP contribution in [0.2, 0.25) is 0 Å². The van der Waals surface area contributed by atoms with Gasteiger partial charge in [-0.15, -0.1) is 0 Å². The van der Waals surface area contributed by atoms with Crippen LogP contribution in [0.4, 0.5) is 0 Å². The predicted octanol–water partition coefficient (Wildman–Crippen LogP) is 4.29. The van der Waals surface area contributed by atoms with Crippen LogP contribution < -0.4 is 0 Å². The van der Waals surface area contributed by atoms with E-state index in [1.54, 1.807) is 10.9 Å². The van der Waals surface area contributed by atoms with Crippen molar-refractivity contribution < 1.29 is 4.79 Å². The third-order valence-corrected chi connectivity index (χ3v) is 6.71. The number of rotatable bonds is 7. The third kappa shape index (κ3) is 4.86. The Balaban J connectivity index is 1.17. The van der Waals surface area contributed by atoms with Gasteiger partial charge in [0.25, 0.3) is 0 Å². The Morgan fingerprint density at radius 1 is 1.03 bits per heavy atom. The zero-order valence-corrected chi connectivity index (χ0v) is 19.2. The highest BCUT2D eigenvalue weighted by atomic mass is 16.2. The van der Waals surface area contributed by atoms with Crippen molar-refractivity contribution in [2.45, 2.75) is 38.8 Å². The number of piperidine rings is 1. The Bertz CT molecular complexity index is 1310. The molecule has 7 heteroatoms. The van der Waals surface area contributed by atoms with Gasteiger partial charge in [-0.25, -0.2) is 0 Å². The number of carbonyl (C=O) groups excluding carboxylic acids is 1. The number of benzene rings is 2. The lowest BCUT2D eigenvalue weighted by molar-refractivity contribution is -0.132. The summed E-state index contributed by atoms with van der Waals surface area (Å²) in [6.45, 7) is 2.77. The smallest absolute Gasteiger partial charge is 0.222 e. The lowest BCUT2D eigenvalue weighted by atomic mass is 9.96. The number of amides is 1. The summed E-state index contributed by atoms with van der Waals surface area (Å²) in [7, 11) is 0. The van der Waals surface area contributed by atoms with E-state index in [0.717, 1.165) is 60.9 Å². The molecule has 0 spiro atoms. The first-order chi connectivity index (χ1) is 16.7. The summed E-state index contributed by atoms with van der Waals surface area (Å²) in [4.78, 5) is 14.7. The molecule has 0 N–H and O–H groups in total. The van der Waals surface area contributed by atoms with E-state index in [0.29, 0.717) is 12.3 Å². The van der Waals surface area contributed by atoms with Gasteiger partial charge in [-0.05, 0) is 48.4 Å². The van der Waals surface area contributed by atoms with Gasteiger partial charge < -0.3 is 4.90 Å². The fourth-order valence-electron chi connectivity index (χ4n) is 4.75. The number of hydrogen-bond acceptors (Lipinski definition) is 4. The van der Waals surface area contributed by atoms with Crippen molar-refractivity contribution in [1.29, 1.82) is 5.26 Å². The Kier molecular flexibility index (Phi) is 6.39. The minimum absolute atomic E-state index is 0.248. The van der Waals surface area contributed by atoms with Gasteiger partial charge >= 0.3 is 0 Å². The fraction of sp³-hybridized carbons (Fsp3) is 0.333. The predicted molar refractivity (Wildman–Crippen MR) is 131 cm³/mol. The van der Waals surface area contributed by atoms with Crippen molar-refractivity contribution in [2.75, 3.05) is 13.1 Å². The number of nitrogens with zero attached hydrogens (tertiary/aromatic N) is 6. The number of fused-ring (bicyclic) bond motifs is 1. The molecule has 172 valence electrons. The van der Waals surface area contributed by atoms with Crippen LogP contribution in [0.15, 0.2) is 67.1 Å². The van der Waals surface area contributed by atoms with Gasteiger partial charge in [-0.1, -0.05) is 36.4 Å². The molecule has 0 aliphatic carbocycles. The highest BCUT2D eigenvalue weighted by Gasteiger charge is 2.23. The normalized spacial score (nSPS) is 14.4. The van der Waals surface area contributed by atoms with E-state index in [-0.39, 0.29) is 12.5 Å². The summed E-state index contributed by atoms with van der Waals surface area (Å²) in [5, 5.41) is 18.8. The van der Waals surface area contributed by atoms with E-state index in [1.165, 1.54) is 5.56 Å². The monoisotopic (exact) mass is 452 g/mol. The molecule has 2 aromatic heterocycles. The quantitative estimate of drug-likeness (QED) is 0.419. The summed E-state index contributed by atoms with van der Waals surface area (Å²) in [5.74, 6) is 0.780. The Morgan fingerprint density at radius 3 is 2.65 bits per heavy atom. The van der Waals surface area contributed by atoms with E-state index in [1.807, 2.05) is 35.5 Å². The summed E-state index contributed by atoms with van der Waals surface area (Å²) in [6, 6.07) is 18.6. The zero-order valence-electron chi connectivity index (χ0n) is 19.2. The molecule has 34 heavy (non-hydrogen) atoms. The molecule has 0 atom stereocenters. The Labute approximate surface area is 199 Å². The first kappa shape index (κ1) is 21.9. The van der Waals surface area contributed by atoms with Gasteiger partial charge in [-0.2, -0.15) is 15.5 Å². The molecule has 3 heterocycles. The molecule has 1 aliphatic rings. The molecule has 1 aliphatic heterocycles. The van der Waals surface area contributed by atoms with E-state index in [2.05, 4.69) is 51.3 Å². The standard InChI is InChI=1S/C27H28N6O/c28-12-15-32-20-25(18-29-32)23-7-8-26-24(16-23)17-30-33(26)19-22-10-13-31(14-11-22)27(34)9-6-21-4-2-1-3-5-21/h1-5,7-8,16-18,20,22H,6,9-11,13-15,19H2. The van der Waals surface area contributed by atoms with Gasteiger partial charge in [0, 0.05) is 43.2 Å². The van der Waals surface area contributed by atoms with Crippen LogP contribution in [0.1, 0.15) is 24.8 Å². The maximum atomic E-state index is 12.6. The summed E-state index contributed by atoms with van der Waals surface area (Å²) < 4.78 is 3.73. The van der Waals surface area contributed by atoms with Gasteiger partial charge in [0.2, 0.25) is 5.91 Å². The second kappa shape index (κ2) is 9.92. The van der Waals surface area contributed by atoms with E-state index >= 15 is 0 Å². The molecule has 0 radical (unpaired) electrons. The molecule has 0 bridgehead atoms. The first-order valence-electron chi connectivity index (χ1n) is 11.9. The molecule has 2 aromatic carbocycles. The molecule has 1 amide bonds. The maximum Gasteiger partial charge on any atom is 0.222 e. The first-order valence-corrected chi connectivity index (χ1v) is 11.9. The Morgan fingerprint density at radius 2 is 1.85 bits per heavy atom. The van der Waals surface area contributed by atoms with Crippen LogP contribution in [0, 0.1) is 17.2 Å². The summed E-state index contributed by atoms with van der Waals surface area (Å²) in [6.07, 6.45) is 9.00. The molecule has 0 saturated carbocycles. The number of likely N-dealkylation sites (tertiary alicyclic amines) is 1. The number of hydrogen-bond donors (Lipinski definition) is 0. The van der Waals surface area contributed by atoms with E-state index in [9.17, 15) is 4.79 Å². The minimum Gasteiger partial charge on any atom is -0.343 e. The van der Waals surface area contributed by atoms with Crippen LogP contribution in [0.5, 0.6) is 0 Å². The minimum atomic E-state index is 0.248. The maximum absolute atomic E-state index is 12.6. The second-order valence-electron chi connectivity index (χ2n) is 8.99. The van der Waals surface area contributed by atoms with Crippen LogP contribution >= 0.6 is 0 Å². The molecule has 5 rings (SSSR count). The average molecular weight is 453 g/mol. The van der Waals surface area contributed by atoms with Gasteiger partial charge in [0.1, 0.15) is 6.54 Å². The number of carbonyl (C=O) groups is 1. The number of aryl methyl sites for hydroxylation is 1. The lowest BCUT2D eigenvalue weighted by Crippen LogP contribution is -2.39. The summed E-state index contributed by atoms with van der Waals surface area (Å²) in [5.41, 5.74) is 4.40. The summed E-state index contributed by atoms with van der Waals surface area (Å²) >= 11 is 0. The molecule has 1 saturated heterocycles. The van der Waals surface area contributed by atoms with Crippen LogP contribution in [0.25, 0.3) is 22.0 Å². The highest BCUT2D eigenvalue weighted by Crippen LogP contribution is 2.26. The van der Waals surface area contributed by atoms with Crippen molar-refractivity contribution in [1.82, 2.24) is 24.5 Å². The molecule has 4 aromatic rings. The molecule has 1 fully saturated rings. The average Bonchev–Trinajstić information content (AvgIpc) is 3.51. The van der Waals surface area contributed by atoms with E-state index in [4.69, 9.17) is 5.26 Å². The van der Waals surface area contributed by atoms with Crippen molar-refractivity contribution in [2.24, 2.45) is 5.92 Å². The third-order valence-electron chi connectivity index (χ3n) is 6.71. The lowest BCUT2D eigenvalue weighted by Gasteiger charge is -2.32. The number of nitriles is 1. The van der Waals surface area contributed by atoms with Crippen molar-refractivity contribution in [3.63, 3.8) is 0 Å².